The Balaban J connectivity index is 1.18. The number of anilines is 8. The van der Waals surface area contributed by atoms with E-state index in [2.05, 4.69) is 210 Å². The zero-order valence-electron chi connectivity index (χ0n) is 36.9. The van der Waals surface area contributed by atoms with Crippen molar-refractivity contribution in [2.24, 2.45) is 0 Å². The Labute approximate surface area is 365 Å². The summed E-state index contributed by atoms with van der Waals surface area (Å²) in [7, 11) is 0. The number of thiophene rings is 1. The summed E-state index contributed by atoms with van der Waals surface area (Å²) in [6, 6.07) is 47.5. The minimum absolute atomic E-state index is 0.0199. The maximum Gasteiger partial charge on any atom is 0.422 e. The Kier molecular flexibility index (Phi) is 6.64. The molecule has 0 fully saturated rings. The van der Waals surface area contributed by atoms with E-state index in [1.54, 1.807) is 0 Å². The van der Waals surface area contributed by atoms with Gasteiger partial charge in [-0.15, -0.1) is 0 Å². The van der Waals surface area contributed by atoms with Crippen LogP contribution in [-0.2, 0) is 21.7 Å². The Morgan fingerprint density at radius 2 is 0.803 bits per heavy atom. The van der Waals surface area contributed by atoms with Gasteiger partial charge < -0.3 is 19.2 Å². The van der Waals surface area contributed by atoms with Crippen LogP contribution in [-0.4, -0.2) is 14.0 Å². The SMILES string of the molecule is CC(C)(C)c1ccc2c(c1)-c1cccc3c1B1N2c2sc4c(c2N1c1ccccc1C3(C)C)N1B2c3c(cccc3C(C)(C)c3ccccc31)-c1cc(C(C)(C)C)ccc1N24. The lowest BCUT2D eigenvalue weighted by atomic mass is 9.56. The summed E-state index contributed by atoms with van der Waals surface area (Å²) < 4.78 is 0. The van der Waals surface area contributed by atoms with Gasteiger partial charge in [0.25, 0.3) is 0 Å². The normalized spacial score (nSPS) is 17.4. The quantitative estimate of drug-likeness (QED) is 0.142. The predicted octanol–water partition coefficient (Wildman–Crippen LogP) is 13.0. The van der Waals surface area contributed by atoms with E-state index in [9.17, 15) is 0 Å². The van der Waals surface area contributed by atoms with Crippen molar-refractivity contribution in [3.05, 3.63) is 155 Å². The molecule has 0 radical (unpaired) electrons. The summed E-state index contributed by atoms with van der Waals surface area (Å²) >= 11 is 1.99. The maximum atomic E-state index is 2.77. The molecule has 0 bridgehead atoms. The third kappa shape index (κ3) is 4.29. The molecule has 13 rings (SSSR count). The molecule has 0 atom stereocenters. The van der Waals surface area contributed by atoms with Gasteiger partial charge in [-0.3, -0.25) is 0 Å². The highest BCUT2D eigenvalue weighted by Crippen LogP contribution is 2.69. The Morgan fingerprint density at radius 1 is 0.410 bits per heavy atom. The highest BCUT2D eigenvalue weighted by Gasteiger charge is 2.61. The van der Waals surface area contributed by atoms with E-state index in [0.717, 1.165) is 0 Å². The number of para-hydroxylation sites is 2. The van der Waals surface area contributed by atoms with E-state index >= 15 is 0 Å². The molecule has 7 aromatic rings. The molecule has 61 heavy (non-hydrogen) atoms. The van der Waals surface area contributed by atoms with E-state index in [1.165, 1.54) is 111 Å². The molecule has 7 heterocycles. The molecule has 4 nitrogen and oxygen atoms in total. The topological polar surface area (TPSA) is 13.0 Å². The monoisotopic (exact) mass is 808 g/mol. The van der Waals surface area contributed by atoms with Crippen LogP contribution in [0.4, 0.5) is 44.1 Å². The molecule has 0 amide bonds. The fourth-order valence-corrected chi connectivity index (χ4v) is 13.5. The van der Waals surface area contributed by atoms with Crippen LogP contribution >= 0.6 is 11.3 Å². The number of rotatable bonds is 0. The molecule has 0 unspecified atom stereocenters. The molecule has 6 aliphatic heterocycles. The van der Waals surface area contributed by atoms with Crippen LogP contribution in [0.3, 0.4) is 0 Å². The molecule has 6 aliphatic rings. The molecule has 0 saturated carbocycles. The first-order valence-corrected chi connectivity index (χ1v) is 23.0. The maximum absolute atomic E-state index is 2.77. The summed E-state index contributed by atoms with van der Waals surface area (Å²) in [4.78, 5) is 11.0. The van der Waals surface area contributed by atoms with Crippen LogP contribution < -0.4 is 30.2 Å². The third-order valence-corrected chi connectivity index (χ3v) is 16.5. The first kappa shape index (κ1) is 36.0. The van der Waals surface area contributed by atoms with Gasteiger partial charge in [-0.05, 0) is 103 Å². The number of benzene rings is 6. The van der Waals surface area contributed by atoms with Crippen LogP contribution in [0.25, 0.3) is 22.3 Å². The van der Waals surface area contributed by atoms with E-state index in [4.69, 9.17) is 0 Å². The van der Waals surface area contributed by atoms with Gasteiger partial charge >= 0.3 is 14.0 Å². The standard InChI is InChI=1S/C54H50B2N4S/c1-51(2,3)31-25-27-41-35(29-31)33-17-15-21-39-45(33)55-57(43-23-13-11-19-37(43)53(39,7)8)47-48-50(61-49(47)59(41)55)60-42-28-26-32(52(4,5)6)30-36(42)34-18-16-22-40-46(34)56(60)58(48)44-24-14-12-20-38(44)54(40,9)10/h11-30H,1-10H3. The predicted molar refractivity (Wildman–Crippen MR) is 262 cm³/mol. The molecule has 1 aromatic heterocycles. The van der Waals surface area contributed by atoms with Gasteiger partial charge in [0, 0.05) is 44.7 Å². The summed E-state index contributed by atoms with van der Waals surface area (Å²) in [5, 5.41) is 2.64. The fourth-order valence-electron chi connectivity index (χ4n) is 12.2. The second-order valence-electron chi connectivity index (χ2n) is 21.4. The Hall–Kier alpha value is -5.65. The Morgan fingerprint density at radius 3 is 1.21 bits per heavy atom. The van der Waals surface area contributed by atoms with E-state index in [-0.39, 0.29) is 35.6 Å². The molecule has 0 N–H and O–H groups in total. The minimum Gasteiger partial charge on any atom is -0.357 e. The van der Waals surface area contributed by atoms with Crippen molar-refractivity contribution in [2.75, 3.05) is 19.2 Å². The molecule has 7 heteroatoms. The summed E-state index contributed by atoms with van der Waals surface area (Å²) in [5.41, 5.74) is 23.9. The van der Waals surface area contributed by atoms with Crippen LogP contribution in [0, 0.1) is 0 Å². The van der Waals surface area contributed by atoms with Crippen LogP contribution in [0.15, 0.2) is 121 Å². The minimum atomic E-state index is -0.231. The molecule has 0 aliphatic carbocycles. The van der Waals surface area contributed by atoms with Gasteiger partial charge in [-0.1, -0.05) is 166 Å². The number of fused-ring (bicyclic) bond motifs is 17. The lowest BCUT2D eigenvalue weighted by Gasteiger charge is -2.38. The molecule has 0 saturated heterocycles. The fraction of sp³-hybridized carbons (Fsp3) is 0.259. The number of hydrogen-bond donors (Lipinski definition) is 0. The summed E-state index contributed by atoms with van der Waals surface area (Å²) in [6.07, 6.45) is 0. The number of hydrogen-bond acceptors (Lipinski definition) is 5. The molecule has 0 spiro atoms. The van der Waals surface area contributed by atoms with Crippen LogP contribution in [0.5, 0.6) is 0 Å². The second kappa shape index (κ2) is 11.2. The lowest BCUT2D eigenvalue weighted by Crippen LogP contribution is -2.57. The average molecular weight is 809 g/mol. The van der Waals surface area contributed by atoms with Gasteiger partial charge in [0.05, 0.1) is 11.4 Å². The van der Waals surface area contributed by atoms with Crippen molar-refractivity contribution >= 4 is 80.4 Å². The highest BCUT2D eigenvalue weighted by molar-refractivity contribution is 7.25. The van der Waals surface area contributed by atoms with Crippen LogP contribution in [0.1, 0.15) is 103 Å². The van der Waals surface area contributed by atoms with Crippen molar-refractivity contribution in [3.63, 3.8) is 0 Å². The first-order valence-electron chi connectivity index (χ1n) is 22.2. The van der Waals surface area contributed by atoms with Crippen molar-refractivity contribution in [3.8, 4) is 22.3 Å². The highest BCUT2D eigenvalue weighted by atomic mass is 32.1. The van der Waals surface area contributed by atoms with Gasteiger partial charge in [-0.25, -0.2) is 0 Å². The zero-order chi connectivity index (χ0) is 41.9. The zero-order valence-corrected chi connectivity index (χ0v) is 37.7. The van der Waals surface area contributed by atoms with Gasteiger partial charge in [0.1, 0.15) is 10.0 Å². The van der Waals surface area contributed by atoms with Crippen molar-refractivity contribution in [2.45, 2.75) is 90.9 Å². The van der Waals surface area contributed by atoms with Gasteiger partial charge in [0.2, 0.25) is 0 Å². The van der Waals surface area contributed by atoms with Gasteiger partial charge in [-0.2, -0.15) is 0 Å². The van der Waals surface area contributed by atoms with Crippen molar-refractivity contribution < 1.29 is 0 Å². The molecular formula is C54H50B2N4S. The first-order chi connectivity index (χ1) is 29.1. The number of nitrogens with zero attached hydrogens (tertiary/aromatic N) is 4. The Bertz CT molecular complexity index is 2920. The molecule has 6 aromatic carbocycles. The van der Waals surface area contributed by atoms with Crippen LogP contribution in [0.2, 0.25) is 0 Å². The van der Waals surface area contributed by atoms with E-state index < -0.39 is 0 Å². The summed E-state index contributed by atoms with van der Waals surface area (Å²) in [6.45, 7) is 23.8. The van der Waals surface area contributed by atoms with E-state index in [0.29, 0.717) is 0 Å². The molecule has 298 valence electrons. The third-order valence-electron chi connectivity index (χ3n) is 15.3. The second-order valence-corrected chi connectivity index (χ2v) is 22.4. The molecular weight excluding hydrogens is 758 g/mol. The average Bonchev–Trinajstić information content (AvgIpc) is 3.85. The lowest BCUT2D eigenvalue weighted by molar-refractivity contribution is 0.590. The van der Waals surface area contributed by atoms with Crippen molar-refractivity contribution in [1.82, 2.24) is 0 Å². The van der Waals surface area contributed by atoms with E-state index in [1.807, 2.05) is 11.3 Å². The smallest absolute Gasteiger partial charge is 0.357 e. The van der Waals surface area contributed by atoms with Crippen molar-refractivity contribution in [1.29, 1.82) is 0 Å². The summed E-state index contributed by atoms with van der Waals surface area (Å²) in [5.74, 6) is 0. The van der Waals surface area contributed by atoms with Gasteiger partial charge in [0.15, 0.2) is 0 Å². The largest absolute Gasteiger partial charge is 0.422 e.